The number of ketones is 1. The molecule has 8 nitrogen and oxygen atoms in total. The number of Topliss-reactive ketones (excluding diaryl/α,β-unsaturated/α-hetero) is 1. The van der Waals surface area contributed by atoms with Crippen molar-refractivity contribution in [3.05, 3.63) is 101 Å². The van der Waals surface area contributed by atoms with Crippen LogP contribution in [0.15, 0.2) is 99.2 Å². The number of rotatable bonds is 7. The Kier molecular flexibility index (Phi) is 7.51. The van der Waals surface area contributed by atoms with Gasteiger partial charge in [0.05, 0.1) is 21.7 Å². The number of aromatic nitrogens is 1. The molecule has 0 bridgehead atoms. The minimum atomic E-state index is -4.08. The summed E-state index contributed by atoms with van der Waals surface area (Å²) in [6, 6.07) is 23.4. The standard InChI is InChI=1S/C27H18BrN2O6PS2/c1-39(33,34)22-11-10-17-12-23-26(30-24(17)15-22)18(16-29)13-25(27(23)31)36-37(32,38-21-8-3-2-4-9-21)35-20-7-5-6-19(28)14-20/h2-15,25H,1H3. The van der Waals surface area contributed by atoms with E-state index in [1.165, 1.54) is 24.3 Å². The fourth-order valence-electron chi connectivity index (χ4n) is 3.86. The maximum atomic E-state index is 14.1. The lowest BCUT2D eigenvalue weighted by Gasteiger charge is -2.25. The van der Waals surface area contributed by atoms with Gasteiger partial charge in [-0.3, -0.25) is 9.32 Å². The van der Waals surface area contributed by atoms with Crippen LogP contribution in [0.1, 0.15) is 16.1 Å². The molecule has 1 aliphatic carbocycles. The summed E-state index contributed by atoms with van der Waals surface area (Å²) >= 11 is 4.20. The third kappa shape index (κ3) is 6.01. The van der Waals surface area contributed by atoms with Gasteiger partial charge in [-0.25, -0.2) is 18.0 Å². The first-order valence-electron chi connectivity index (χ1n) is 11.3. The first-order chi connectivity index (χ1) is 18.5. The number of hydrogen-bond acceptors (Lipinski definition) is 9. The van der Waals surface area contributed by atoms with Gasteiger partial charge in [-0.2, -0.15) is 5.26 Å². The largest absolute Gasteiger partial charge is 0.445 e. The number of nitrogens with zero attached hydrogens (tertiary/aromatic N) is 2. The summed E-state index contributed by atoms with van der Waals surface area (Å²) in [6.45, 7) is -4.08. The molecule has 0 radical (unpaired) electrons. The SMILES string of the molecule is CS(=O)(=O)c1ccc2cc3c(nc2c1)C(C#N)=CC(OP(=O)(Oc1cccc(Br)c1)Sc1ccccc1)C3=O. The van der Waals surface area contributed by atoms with Crippen LogP contribution in [0.3, 0.4) is 0 Å². The van der Waals surface area contributed by atoms with Crippen LogP contribution in [0.25, 0.3) is 16.5 Å². The maximum Gasteiger partial charge on any atom is 0.445 e. The molecule has 0 N–H and O–H groups in total. The van der Waals surface area contributed by atoms with Gasteiger partial charge in [-0.05, 0) is 54.6 Å². The molecule has 4 aromatic rings. The number of hydrogen-bond donors (Lipinski definition) is 0. The predicted octanol–water partition coefficient (Wildman–Crippen LogP) is 6.87. The van der Waals surface area contributed by atoms with E-state index in [4.69, 9.17) is 9.05 Å². The molecule has 1 aromatic heterocycles. The second kappa shape index (κ2) is 10.7. The number of nitriles is 1. The number of carbonyl (C=O) groups excluding carboxylic acids is 1. The number of fused-ring (bicyclic) bond motifs is 2. The van der Waals surface area contributed by atoms with Gasteiger partial charge in [0.2, 0.25) is 0 Å². The van der Waals surface area contributed by atoms with E-state index in [1.807, 2.05) is 12.1 Å². The van der Waals surface area contributed by atoms with Gasteiger partial charge < -0.3 is 4.52 Å². The van der Waals surface area contributed by atoms with E-state index in [-0.39, 0.29) is 27.5 Å². The Morgan fingerprint density at radius 2 is 1.82 bits per heavy atom. The lowest BCUT2D eigenvalue weighted by Crippen LogP contribution is -2.27. The summed E-state index contributed by atoms with van der Waals surface area (Å²) in [5.41, 5.74) is 0.532. The van der Waals surface area contributed by atoms with Crippen LogP contribution in [-0.2, 0) is 18.9 Å². The number of pyridine rings is 1. The van der Waals surface area contributed by atoms with Crippen molar-refractivity contribution >= 4 is 66.2 Å². The van der Waals surface area contributed by atoms with Gasteiger partial charge in [0.15, 0.2) is 21.7 Å². The minimum absolute atomic E-state index is 0.0278. The lowest BCUT2D eigenvalue weighted by atomic mass is 9.92. The van der Waals surface area contributed by atoms with E-state index in [2.05, 4.69) is 20.9 Å². The fourth-order valence-corrected chi connectivity index (χ4v) is 8.27. The Bertz CT molecular complexity index is 1860. The highest BCUT2D eigenvalue weighted by Crippen LogP contribution is 2.64. The number of halogens is 1. The molecule has 0 aliphatic heterocycles. The fraction of sp³-hybridized carbons (Fsp3) is 0.0741. The quantitative estimate of drug-likeness (QED) is 0.199. The number of benzene rings is 3. The van der Waals surface area contributed by atoms with Gasteiger partial charge in [-0.15, -0.1) is 0 Å². The van der Waals surface area contributed by atoms with Crippen molar-refractivity contribution in [2.75, 3.05) is 6.26 Å². The smallest absolute Gasteiger partial charge is 0.417 e. The van der Waals surface area contributed by atoms with Crippen molar-refractivity contribution in [1.29, 1.82) is 5.26 Å². The molecule has 2 unspecified atom stereocenters. The molecule has 5 rings (SSSR count). The highest BCUT2D eigenvalue weighted by molar-refractivity contribution is 9.10. The van der Waals surface area contributed by atoms with Crippen molar-refractivity contribution in [3.8, 4) is 11.8 Å². The Morgan fingerprint density at radius 3 is 2.51 bits per heavy atom. The van der Waals surface area contributed by atoms with Crippen LogP contribution < -0.4 is 4.52 Å². The normalized spacial score (nSPS) is 16.6. The topological polar surface area (TPSA) is 123 Å². The predicted molar refractivity (Wildman–Crippen MR) is 152 cm³/mol. The Morgan fingerprint density at radius 1 is 1.05 bits per heavy atom. The molecule has 0 amide bonds. The number of sulfone groups is 1. The van der Waals surface area contributed by atoms with Crippen molar-refractivity contribution in [3.63, 3.8) is 0 Å². The van der Waals surface area contributed by atoms with E-state index in [0.29, 0.717) is 20.3 Å². The first-order valence-corrected chi connectivity index (χ1v) is 17.0. The molecular weight excluding hydrogens is 623 g/mol. The highest BCUT2D eigenvalue weighted by Gasteiger charge is 2.39. The Balaban J connectivity index is 1.55. The maximum absolute atomic E-state index is 14.1. The summed E-state index contributed by atoms with van der Waals surface area (Å²) in [5.74, 6) is -0.295. The number of carbonyl (C=O) groups is 1. The molecule has 1 heterocycles. The zero-order valence-electron chi connectivity index (χ0n) is 20.1. The molecule has 0 fully saturated rings. The first kappa shape index (κ1) is 27.3. The van der Waals surface area contributed by atoms with E-state index >= 15 is 0 Å². The van der Waals surface area contributed by atoms with Crippen molar-refractivity contribution in [2.45, 2.75) is 15.9 Å². The van der Waals surface area contributed by atoms with Crippen LogP contribution in [0.2, 0.25) is 0 Å². The van der Waals surface area contributed by atoms with E-state index in [0.717, 1.165) is 17.6 Å². The van der Waals surface area contributed by atoms with Gasteiger partial charge in [0, 0.05) is 38.0 Å². The molecule has 196 valence electrons. The monoisotopic (exact) mass is 640 g/mol. The van der Waals surface area contributed by atoms with E-state index < -0.39 is 28.5 Å². The Labute approximate surface area is 237 Å². The van der Waals surface area contributed by atoms with Crippen LogP contribution >= 0.6 is 34.1 Å². The molecule has 0 saturated heterocycles. The molecule has 39 heavy (non-hydrogen) atoms. The van der Waals surface area contributed by atoms with Gasteiger partial charge in [0.25, 0.3) is 0 Å². The second-order valence-electron chi connectivity index (χ2n) is 8.49. The molecule has 0 saturated carbocycles. The average Bonchev–Trinajstić information content (AvgIpc) is 2.89. The summed E-state index contributed by atoms with van der Waals surface area (Å²) in [7, 11) is -3.49. The second-order valence-corrected chi connectivity index (χ2v) is 15.3. The van der Waals surface area contributed by atoms with Crippen LogP contribution in [0.5, 0.6) is 5.75 Å². The van der Waals surface area contributed by atoms with Crippen LogP contribution in [-0.4, -0.2) is 31.5 Å². The van der Waals surface area contributed by atoms with Crippen molar-refractivity contribution in [1.82, 2.24) is 4.98 Å². The van der Waals surface area contributed by atoms with Gasteiger partial charge in [-0.1, -0.05) is 46.3 Å². The summed E-state index contributed by atoms with van der Waals surface area (Å²) < 4.78 is 50.5. The molecule has 3 aromatic carbocycles. The molecule has 0 spiro atoms. The summed E-state index contributed by atoms with van der Waals surface area (Å²) in [6.07, 6.45) is 0.948. The zero-order chi connectivity index (χ0) is 27.8. The molecule has 12 heteroatoms. The van der Waals surface area contributed by atoms with Gasteiger partial charge in [0.1, 0.15) is 11.8 Å². The third-order valence-corrected chi connectivity index (χ3v) is 10.7. The summed E-state index contributed by atoms with van der Waals surface area (Å²) in [5, 5.41) is 10.4. The highest BCUT2D eigenvalue weighted by atomic mass is 79.9. The van der Waals surface area contributed by atoms with Gasteiger partial charge >= 0.3 is 6.80 Å². The summed E-state index contributed by atoms with van der Waals surface area (Å²) in [4.78, 5) is 18.7. The zero-order valence-corrected chi connectivity index (χ0v) is 24.3. The minimum Gasteiger partial charge on any atom is -0.417 e. The van der Waals surface area contributed by atoms with Crippen LogP contribution in [0, 0.1) is 11.3 Å². The lowest BCUT2D eigenvalue weighted by molar-refractivity contribution is 0.0841. The van der Waals surface area contributed by atoms with Crippen LogP contribution in [0.4, 0.5) is 0 Å². The van der Waals surface area contributed by atoms with E-state index in [9.17, 15) is 23.0 Å². The average molecular weight is 641 g/mol. The molecule has 1 aliphatic rings. The van der Waals surface area contributed by atoms with Crippen molar-refractivity contribution < 1.29 is 26.8 Å². The Hall–Kier alpha value is -3.26. The van der Waals surface area contributed by atoms with E-state index in [1.54, 1.807) is 54.6 Å². The molecule has 2 atom stereocenters. The third-order valence-electron chi connectivity index (χ3n) is 5.65. The van der Waals surface area contributed by atoms with Crippen molar-refractivity contribution in [2.24, 2.45) is 0 Å². The molecular formula is C27H18BrN2O6PS2. The number of allylic oxidation sites excluding steroid dienone is 1.